The molecule has 0 aromatic heterocycles. The Balaban J connectivity index is 3.04. The number of nitrogens with one attached hydrogen (secondary N) is 1. The van der Waals surface area contributed by atoms with E-state index in [1.54, 1.807) is 18.2 Å². The van der Waals surface area contributed by atoms with Gasteiger partial charge >= 0.3 is 0 Å². The summed E-state index contributed by atoms with van der Waals surface area (Å²) in [4.78, 5) is 0. The van der Waals surface area contributed by atoms with E-state index in [1.807, 2.05) is 0 Å². The molecule has 0 bridgehead atoms. The van der Waals surface area contributed by atoms with Crippen LogP contribution in [0.1, 0.15) is 11.6 Å². The standard InChI is InChI=1S/C11H13ClN2O2/c1-16-10-4-2-3-8(12)11(10)9(7-13)14-5-6-15/h2-4,9,14-15H,5-6H2,1H3. The molecule has 0 spiro atoms. The van der Waals surface area contributed by atoms with Crippen LogP contribution in [0.5, 0.6) is 5.75 Å². The molecule has 2 N–H and O–H groups in total. The summed E-state index contributed by atoms with van der Waals surface area (Å²) in [6.07, 6.45) is 0. The number of aliphatic hydroxyl groups is 1. The number of aliphatic hydroxyl groups excluding tert-OH is 1. The number of rotatable bonds is 5. The van der Waals surface area contributed by atoms with E-state index < -0.39 is 6.04 Å². The van der Waals surface area contributed by atoms with Crippen LogP contribution in [0.25, 0.3) is 0 Å². The van der Waals surface area contributed by atoms with Crippen molar-refractivity contribution in [3.8, 4) is 11.8 Å². The Morgan fingerprint density at radius 3 is 2.94 bits per heavy atom. The molecule has 0 fully saturated rings. The van der Waals surface area contributed by atoms with Crippen LogP contribution in [0.2, 0.25) is 5.02 Å². The zero-order chi connectivity index (χ0) is 12.0. The van der Waals surface area contributed by atoms with Gasteiger partial charge < -0.3 is 9.84 Å². The summed E-state index contributed by atoms with van der Waals surface area (Å²) >= 11 is 6.03. The first-order valence-electron chi connectivity index (χ1n) is 4.80. The molecule has 0 saturated heterocycles. The fraction of sp³-hybridized carbons (Fsp3) is 0.364. The molecule has 5 heteroatoms. The third-order valence-corrected chi connectivity index (χ3v) is 2.44. The highest BCUT2D eigenvalue weighted by molar-refractivity contribution is 6.31. The van der Waals surface area contributed by atoms with Crippen molar-refractivity contribution in [2.24, 2.45) is 0 Å². The largest absolute Gasteiger partial charge is 0.496 e. The maximum absolute atomic E-state index is 9.04. The first-order chi connectivity index (χ1) is 7.74. The fourth-order valence-corrected chi connectivity index (χ4v) is 1.67. The molecule has 1 rings (SSSR count). The smallest absolute Gasteiger partial charge is 0.126 e. The Bertz CT molecular complexity index is 390. The van der Waals surface area contributed by atoms with Gasteiger partial charge in [0.2, 0.25) is 0 Å². The van der Waals surface area contributed by atoms with Crippen molar-refractivity contribution >= 4 is 11.6 Å². The average Bonchev–Trinajstić information content (AvgIpc) is 2.31. The van der Waals surface area contributed by atoms with E-state index in [0.717, 1.165) is 0 Å². The summed E-state index contributed by atoms with van der Waals surface area (Å²) in [7, 11) is 1.52. The normalized spacial score (nSPS) is 11.9. The van der Waals surface area contributed by atoms with Gasteiger partial charge in [0, 0.05) is 12.1 Å². The number of nitriles is 1. The second kappa shape index (κ2) is 6.33. The highest BCUT2D eigenvalue weighted by Gasteiger charge is 2.18. The van der Waals surface area contributed by atoms with E-state index in [1.165, 1.54) is 7.11 Å². The van der Waals surface area contributed by atoms with Crippen molar-refractivity contribution < 1.29 is 9.84 Å². The van der Waals surface area contributed by atoms with Crippen molar-refractivity contribution in [2.45, 2.75) is 6.04 Å². The second-order valence-corrected chi connectivity index (χ2v) is 3.50. The highest BCUT2D eigenvalue weighted by Crippen LogP contribution is 2.31. The molecule has 0 aliphatic rings. The summed E-state index contributed by atoms with van der Waals surface area (Å²) in [6, 6.07) is 6.69. The minimum Gasteiger partial charge on any atom is -0.496 e. The molecular formula is C11H13ClN2O2. The number of methoxy groups -OCH3 is 1. The molecule has 0 saturated carbocycles. The molecule has 1 aromatic carbocycles. The van der Waals surface area contributed by atoms with E-state index in [4.69, 9.17) is 26.7 Å². The SMILES string of the molecule is COc1cccc(Cl)c1C(C#N)NCCO. The molecule has 0 heterocycles. The predicted molar refractivity (Wildman–Crippen MR) is 61.4 cm³/mol. The van der Waals surface area contributed by atoms with E-state index in [-0.39, 0.29) is 6.61 Å². The van der Waals surface area contributed by atoms with Gasteiger partial charge in [-0.15, -0.1) is 0 Å². The van der Waals surface area contributed by atoms with Crippen LogP contribution in [-0.4, -0.2) is 25.4 Å². The monoisotopic (exact) mass is 240 g/mol. The lowest BCUT2D eigenvalue weighted by Gasteiger charge is -2.15. The molecule has 0 amide bonds. The van der Waals surface area contributed by atoms with Crippen molar-refractivity contribution in [2.75, 3.05) is 20.3 Å². The number of hydrogen-bond acceptors (Lipinski definition) is 4. The molecule has 16 heavy (non-hydrogen) atoms. The van der Waals surface area contributed by atoms with E-state index in [0.29, 0.717) is 22.9 Å². The topological polar surface area (TPSA) is 65.3 Å². The summed E-state index contributed by atoms with van der Waals surface area (Å²) in [6.45, 7) is 0.289. The molecule has 0 aliphatic carbocycles. The maximum Gasteiger partial charge on any atom is 0.126 e. The Kier molecular flexibility index (Phi) is 5.06. The van der Waals surface area contributed by atoms with Crippen LogP contribution >= 0.6 is 11.6 Å². The number of benzene rings is 1. The van der Waals surface area contributed by atoms with Gasteiger partial charge in [0.1, 0.15) is 11.8 Å². The van der Waals surface area contributed by atoms with Gasteiger partial charge in [-0.3, -0.25) is 5.32 Å². The van der Waals surface area contributed by atoms with Crippen molar-refractivity contribution in [1.82, 2.24) is 5.32 Å². The van der Waals surface area contributed by atoms with Gasteiger partial charge in [0.05, 0.1) is 24.8 Å². The minimum atomic E-state index is -0.587. The van der Waals surface area contributed by atoms with Crippen LogP contribution < -0.4 is 10.1 Å². The van der Waals surface area contributed by atoms with E-state index >= 15 is 0 Å². The summed E-state index contributed by atoms with van der Waals surface area (Å²) in [5.41, 5.74) is 0.600. The first-order valence-corrected chi connectivity index (χ1v) is 5.18. The average molecular weight is 241 g/mol. The van der Waals surface area contributed by atoms with E-state index in [2.05, 4.69) is 11.4 Å². The van der Waals surface area contributed by atoms with Crippen molar-refractivity contribution in [1.29, 1.82) is 5.26 Å². The Morgan fingerprint density at radius 2 is 2.38 bits per heavy atom. The third kappa shape index (κ3) is 2.86. The number of hydrogen-bond donors (Lipinski definition) is 2. The Labute approximate surface area is 99.4 Å². The molecule has 0 aliphatic heterocycles. The zero-order valence-corrected chi connectivity index (χ0v) is 9.66. The second-order valence-electron chi connectivity index (χ2n) is 3.10. The number of ether oxygens (including phenoxy) is 1. The Morgan fingerprint density at radius 1 is 1.62 bits per heavy atom. The maximum atomic E-state index is 9.04. The third-order valence-electron chi connectivity index (χ3n) is 2.11. The lowest BCUT2D eigenvalue weighted by Crippen LogP contribution is -2.24. The minimum absolute atomic E-state index is 0.0368. The molecule has 1 aromatic rings. The van der Waals surface area contributed by atoms with Gasteiger partial charge in [-0.25, -0.2) is 0 Å². The first kappa shape index (κ1) is 12.8. The Hall–Kier alpha value is -1.28. The van der Waals surface area contributed by atoms with Crippen molar-refractivity contribution in [3.05, 3.63) is 28.8 Å². The molecule has 1 atom stereocenters. The van der Waals surface area contributed by atoms with Crippen LogP contribution in [-0.2, 0) is 0 Å². The van der Waals surface area contributed by atoms with E-state index in [9.17, 15) is 0 Å². The van der Waals surface area contributed by atoms with Crippen LogP contribution in [0.3, 0.4) is 0 Å². The van der Waals surface area contributed by atoms with Gasteiger partial charge in [0.15, 0.2) is 0 Å². The lowest BCUT2D eigenvalue weighted by atomic mass is 10.1. The fourth-order valence-electron chi connectivity index (χ4n) is 1.40. The van der Waals surface area contributed by atoms with Gasteiger partial charge in [0.25, 0.3) is 0 Å². The lowest BCUT2D eigenvalue weighted by molar-refractivity contribution is 0.288. The summed E-state index contributed by atoms with van der Waals surface area (Å²) in [5, 5.41) is 21.1. The quantitative estimate of drug-likeness (QED) is 0.819. The summed E-state index contributed by atoms with van der Waals surface area (Å²) in [5.74, 6) is 0.560. The highest BCUT2D eigenvalue weighted by atomic mass is 35.5. The van der Waals surface area contributed by atoms with Gasteiger partial charge in [-0.05, 0) is 12.1 Å². The molecule has 0 radical (unpaired) electrons. The zero-order valence-electron chi connectivity index (χ0n) is 8.90. The molecule has 1 unspecified atom stereocenters. The van der Waals surface area contributed by atoms with Crippen LogP contribution in [0.4, 0.5) is 0 Å². The van der Waals surface area contributed by atoms with Gasteiger partial charge in [-0.1, -0.05) is 17.7 Å². The van der Waals surface area contributed by atoms with Crippen LogP contribution in [0, 0.1) is 11.3 Å². The van der Waals surface area contributed by atoms with Gasteiger partial charge in [-0.2, -0.15) is 5.26 Å². The number of halogens is 1. The molecule has 86 valence electrons. The number of nitrogens with zero attached hydrogens (tertiary/aromatic N) is 1. The van der Waals surface area contributed by atoms with Crippen molar-refractivity contribution in [3.63, 3.8) is 0 Å². The predicted octanol–water partition coefficient (Wildman–Crippen LogP) is 1.50. The molecule has 4 nitrogen and oxygen atoms in total. The summed E-state index contributed by atoms with van der Waals surface area (Å²) < 4.78 is 5.15. The van der Waals surface area contributed by atoms with Crippen LogP contribution in [0.15, 0.2) is 18.2 Å². The molecular weight excluding hydrogens is 228 g/mol.